The zero-order valence-electron chi connectivity index (χ0n) is 8.23. The van der Waals surface area contributed by atoms with E-state index in [1.165, 1.54) is 12.0 Å². The molecule has 2 rings (SSSR count). The Morgan fingerprint density at radius 1 is 1.46 bits per heavy atom. The third kappa shape index (κ3) is 1.62. The molecule has 13 heavy (non-hydrogen) atoms. The first kappa shape index (κ1) is 8.79. The summed E-state index contributed by atoms with van der Waals surface area (Å²) in [5.74, 6) is 0.546. The number of rotatable bonds is 0. The first-order valence-electron chi connectivity index (χ1n) is 5.03. The van der Waals surface area contributed by atoms with Gasteiger partial charge >= 0.3 is 0 Å². The van der Waals surface area contributed by atoms with E-state index in [0.717, 1.165) is 18.4 Å². The Morgan fingerprint density at radius 3 is 3.00 bits per heavy atom. The zero-order valence-corrected chi connectivity index (χ0v) is 8.23. The Morgan fingerprint density at radius 2 is 2.23 bits per heavy atom. The van der Waals surface area contributed by atoms with Crippen LogP contribution in [0.3, 0.4) is 0 Å². The van der Waals surface area contributed by atoms with Crippen LogP contribution in [-0.2, 0) is 0 Å². The molecule has 1 aliphatic carbocycles. The van der Waals surface area contributed by atoms with Crippen molar-refractivity contribution in [3.8, 4) is 0 Å². The van der Waals surface area contributed by atoms with Crippen molar-refractivity contribution >= 4 is 0 Å². The van der Waals surface area contributed by atoms with Gasteiger partial charge in [0.15, 0.2) is 5.95 Å². The highest BCUT2D eigenvalue weighted by atomic mass is 19.1. The van der Waals surface area contributed by atoms with E-state index >= 15 is 0 Å². The lowest BCUT2D eigenvalue weighted by atomic mass is 9.81. The third-order valence-electron chi connectivity index (χ3n) is 2.92. The van der Waals surface area contributed by atoms with Crippen LogP contribution in [0.5, 0.6) is 0 Å². The molecule has 0 aromatic carbocycles. The maximum absolute atomic E-state index is 13.5. The van der Waals surface area contributed by atoms with E-state index in [0.29, 0.717) is 5.92 Å². The number of fused-ring (bicyclic) bond motifs is 1. The van der Waals surface area contributed by atoms with Gasteiger partial charge in [-0.15, -0.1) is 0 Å². The molecule has 0 aromatic heterocycles. The molecule has 72 valence electrons. The maximum atomic E-state index is 13.5. The van der Waals surface area contributed by atoms with E-state index in [1.807, 2.05) is 6.92 Å². The molecule has 2 atom stereocenters. The Kier molecular flexibility index (Phi) is 2.14. The molecule has 0 aromatic rings. The molecule has 2 unspecified atom stereocenters. The summed E-state index contributed by atoms with van der Waals surface area (Å²) in [7, 11) is 0. The van der Waals surface area contributed by atoms with Gasteiger partial charge in [-0.3, -0.25) is 0 Å². The number of dihydropyridines is 1. The molecule has 1 fully saturated rings. The summed E-state index contributed by atoms with van der Waals surface area (Å²) in [5, 5.41) is 2.84. The largest absolute Gasteiger partial charge is 0.356 e. The molecule has 1 N–H and O–H groups in total. The fourth-order valence-corrected chi connectivity index (χ4v) is 2.18. The van der Waals surface area contributed by atoms with Crippen molar-refractivity contribution in [3.05, 3.63) is 23.2 Å². The minimum atomic E-state index is -0.0865. The highest BCUT2D eigenvalue weighted by molar-refractivity contribution is 5.39. The van der Waals surface area contributed by atoms with Crippen LogP contribution < -0.4 is 5.32 Å². The molecule has 1 nitrogen and oxygen atoms in total. The normalized spacial score (nSPS) is 33.6. The van der Waals surface area contributed by atoms with Crippen molar-refractivity contribution in [1.82, 2.24) is 5.32 Å². The van der Waals surface area contributed by atoms with Crippen LogP contribution in [0.25, 0.3) is 0 Å². The fourth-order valence-electron chi connectivity index (χ4n) is 2.18. The second kappa shape index (κ2) is 3.17. The molecule has 0 radical (unpaired) electrons. The Balaban J connectivity index is 2.27. The number of halogens is 1. The number of hydrogen-bond acceptors (Lipinski definition) is 1. The topological polar surface area (TPSA) is 12.0 Å². The van der Waals surface area contributed by atoms with Gasteiger partial charge in [-0.2, -0.15) is 4.39 Å². The van der Waals surface area contributed by atoms with Gasteiger partial charge in [-0.25, -0.2) is 0 Å². The smallest absolute Gasteiger partial charge is 0.191 e. The van der Waals surface area contributed by atoms with Gasteiger partial charge in [0.1, 0.15) is 0 Å². The summed E-state index contributed by atoms with van der Waals surface area (Å²) in [6, 6.07) is 0.159. The van der Waals surface area contributed by atoms with Gasteiger partial charge in [-0.05, 0) is 37.7 Å². The predicted molar refractivity (Wildman–Crippen MR) is 51.8 cm³/mol. The van der Waals surface area contributed by atoms with E-state index in [4.69, 9.17) is 0 Å². The summed E-state index contributed by atoms with van der Waals surface area (Å²) >= 11 is 0. The maximum Gasteiger partial charge on any atom is 0.191 e. The molecule has 2 heteroatoms. The molecule has 0 bridgehead atoms. The second-order valence-electron chi connectivity index (χ2n) is 4.27. The van der Waals surface area contributed by atoms with Crippen LogP contribution in [0, 0.1) is 5.92 Å². The van der Waals surface area contributed by atoms with Gasteiger partial charge in [-0.1, -0.05) is 13.0 Å². The second-order valence-corrected chi connectivity index (χ2v) is 4.27. The van der Waals surface area contributed by atoms with Crippen LogP contribution in [-0.4, -0.2) is 6.04 Å². The zero-order chi connectivity index (χ0) is 9.42. The van der Waals surface area contributed by atoms with E-state index in [2.05, 4.69) is 18.3 Å². The first-order valence-corrected chi connectivity index (χ1v) is 5.03. The van der Waals surface area contributed by atoms with Gasteiger partial charge in [0, 0.05) is 11.6 Å². The Bertz CT molecular complexity index is 278. The number of allylic oxidation sites excluding steroid dienone is 2. The lowest BCUT2D eigenvalue weighted by Gasteiger charge is -2.29. The SMILES string of the molecule is CC1CCC2=CC(C)NC(F)=C2C1. The number of nitrogens with one attached hydrogen (secondary N) is 1. The Labute approximate surface area is 78.7 Å². The minimum absolute atomic E-state index is 0.0865. The Hall–Kier alpha value is -0.790. The van der Waals surface area contributed by atoms with Gasteiger partial charge in [0.05, 0.1) is 0 Å². The van der Waals surface area contributed by atoms with Crippen molar-refractivity contribution in [3.63, 3.8) is 0 Å². The van der Waals surface area contributed by atoms with Crippen LogP contribution in [0.4, 0.5) is 4.39 Å². The van der Waals surface area contributed by atoms with Crippen molar-refractivity contribution in [2.75, 3.05) is 0 Å². The molecule has 0 amide bonds. The quantitative estimate of drug-likeness (QED) is 0.566. The summed E-state index contributed by atoms with van der Waals surface area (Å²) < 4.78 is 13.5. The number of hydrogen-bond donors (Lipinski definition) is 1. The summed E-state index contributed by atoms with van der Waals surface area (Å²) in [5.41, 5.74) is 2.17. The molecule has 1 aliphatic heterocycles. The van der Waals surface area contributed by atoms with E-state index in [9.17, 15) is 4.39 Å². The van der Waals surface area contributed by atoms with E-state index in [-0.39, 0.29) is 12.0 Å². The summed E-state index contributed by atoms with van der Waals surface area (Å²) in [6.45, 7) is 4.18. The van der Waals surface area contributed by atoms with E-state index in [1.54, 1.807) is 0 Å². The standard InChI is InChI=1S/C11H16FN/c1-7-3-4-9-6-8(2)13-11(12)10(9)5-7/h6-8,13H,3-5H2,1-2H3. The van der Waals surface area contributed by atoms with Crippen molar-refractivity contribution in [1.29, 1.82) is 0 Å². The predicted octanol–water partition coefficient (Wildman–Crippen LogP) is 2.91. The van der Waals surface area contributed by atoms with Crippen molar-refractivity contribution < 1.29 is 4.39 Å². The van der Waals surface area contributed by atoms with Gasteiger partial charge in [0.25, 0.3) is 0 Å². The molecule has 1 heterocycles. The average Bonchev–Trinajstić information content (AvgIpc) is 2.06. The summed E-state index contributed by atoms with van der Waals surface area (Å²) in [6.07, 6.45) is 5.31. The van der Waals surface area contributed by atoms with Gasteiger partial charge < -0.3 is 5.32 Å². The average molecular weight is 181 g/mol. The highest BCUT2D eigenvalue weighted by Crippen LogP contribution is 2.36. The molecular formula is C11H16FN. The van der Waals surface area contributed by atoms with Crippen LogP contribution >= 0.6 is 0 Å². The highest BCUT2D eigenvalue weighted by Gasteiger charge is 2.24. The first-order chi connectivity index (χ1) is 6.16. The van der Waals surface area contributed by atoms with Crippen LogP contribution in [0.2, 0.25) is 0 Å². The van der Waals surface area contributed by atoms with Crippen molar-refractivity contribution in [2.24, 2.45) is 5.92 Å². The van der Waals surface area contributed by atoms with Crippen molar-refractivity contribution in [2.45, 2.75) is 39.2 Å². The summed E-state index contributed by atoms with van der Waals surface area (Å²) in [4.78, 5) is 0. The lowest BCUT2D eigenvalue weighted by molar-refractivity contribution is 0.439. The van der Waals surface area contributed by atoms with Crippen LogP contribution in [0.1, 0.15) is 33.1 Å². The monoisotopic (exact) mass is 181 g/mol. The van der Waals surface area contributed by atoms with Crippen LogP contribution in [0.15, 0.2) is 23.2 Å². The fraction of sp³-hybridized carbons (Fsp3) is 0.636. The molecular weight excluding hydrogens is 165 g/mol. The minimum Gasteiger partial charge on any atom is -0.356 e. The van der Waals surface area contributed by atoms with E-state index < -0.39 is 0 Å². The molecule has 1 saturated carbocycles. The molecule has 0 saturated heterocycles. The van der Waals surface area contributed by atoms with Gasteiger partial charge in [0.2, 0.25) is 0 Å². The molecule has 0 spiro atoms. The lowest BCUT2D eigenvalue weighted by Crippen LogP contribution is -2.29. The third-order valence-corrected chi connectivity index (χ3v) is 2.92. The molecule has 2 aliphatic rings.